The van der Waals surface area contributed by atoms with Crippen LogP contribution in [0.5, 0.6) is 0 Å². The van der Waals surface area contributed by atoms with Crippen molar-refractivity contribution in [2.24, 2.45) is 0 Å². The number of aliphatic hydroxyl groups excluding tert-OH is 1. The second kappa shape index (κ2) is 5.67. The number of nitrogens with zero attached hydrogens (tertiary/aromatic N) is 2. The molecule has 0 spiro atoms. The van der Waals surface area contributed by atoms with Gasteiger partial charge in [-0.2, -0.15) is 0 Å². The van der Waals surface area contributed by atoms with Crippen LogP contribution in [0.2, 0.25) is 5.02 Å². The van der Waals surface area contributed by atoms with Gasteiger partial charge in [0, 0.05) is 56.0 Å². The van der Waals surface area contributed by atoms with Crippen molar-refractivity contribution in [1.82, 2.24) is 10.2 Å². The molecule has 104 valence electrons. The Kier molecular flexibility index (Phi) is 3.93. The molecule has 2 aliphatic rings. The van der Waals surface area contributed by atoms with Crippen LogP contribution in [0.1, 0.15) is 0 Å². The molecule has 2 heterocycles. The van der Waals surface area contributed by atoms with Gasteiger partial charge in [-0.25, -0.2) is 0 Å². The fraction of sp³-hybridized carbons (Fsp3) is 0.571. The average molecular weight is 282 g/mol. The van der Waals surface area contributed by atoms with Gasteiger partial charge in [0.15, 0.2) is 0 Å². The molecule has 2 saturated heterocycles. The highest BCUT2D eigenvalue weighted by molar-refractivity contribution is 6.30. The average Bonchev–Trinajstić information content (AvgIpc) is 2.85. The first-order chi connectivity index (χ1) is 9.24. The van der Waals surface area contributed by atoms with E-state index < -0.39 is 0 Å². The summed E-state index contributed by atoms with van der Waals surface area (Å²) in [4.78, 5) is 4.75. The molecule has 3 rings (SSSR count). The molecule has 1 aromatic carbocycles. The lowest BCUT2D eigenvalue weighted by Gasteiger charge is -2.39. The molecule has 2 atom stereocenters. The van der Waals surface area contributed by atoms with Crippen molar-refractivity contribution >= 4 is 17.3 Å². The molecule has 0 amide bonds. The van der Waals surface area contributed by atoms with Crippen LogP contribution in [0.3, 0.4) is 0 Å². The zero-order chi connectivity index (χ0) is 13.2. The molecule has 1 aromatic rings. The minimum atomic E-state index is -0.224. The van der Waals surface area contributed by atoms with Gasteiger partial charge in [0.25, 0.3) is 0 Å². The summed E-state index contributed by atoms with van der Waals surface area (Å²) in [5.74, 6) is 0. The van der Waals surface area contributed by atoms with E-state index >= 15 is 0 Å². The van der Waals surface area contributed by atoms with E-state index in [0.29, 0.717) is 0 Å². The van der Waals surface area contributed by atoms with Crippen molar-refractivity contribution in [2.45, 2.75) is 12.1 Å². The van der Waals surface area contributed by atoms with Crippen molar-refractivity contribution in [3.05, 3.63) is 29.3 Å². The van der Waals surface area contributed by atoms with E-state index in [2.05, 4.69) is 21.2 Å². The highest BCUT2D eigenvalue weighted by atomic mass is 35.5. The Bertz CT molecular complexity index is 434. The Morgan fingerprint density at radius 2 is 1.95 bits per heavy atom. The largest absolute Gasteiger partial charge is 0.390 e. The topological polar surface area (TPSA) is 38.7 Å². The minimum Gasteiger partial charge on any atom is -0.390 e. The van der Waals surface area contributed by atoms with Crippen LogP contribution in [0.4, 0.5) is 5.69 Å². The van der Waals surface area contributed by atoms with Crippen LogP contribution < -0.4 is 10.2 Å². The van der Waals surface area contributed by atoms with Crippen LogP contribution in [0.25, 0.3) is 0 Å². The maximum Gasteiger partial charge on any atom is 0.0831 e. The number of piperazine rings is 1. The summed E-state index contributed by atoms with van der Waals surface area (Å²) in [5, 5.41) is 14.0. The lowest BCUT2D eigenvalue weighted by molar-refractivity contribution is 0.0792. The smallest absolute Gasteiger partial charge is 0.0831 e. The second-order valence-corrected chi connectivity index (χ2v) is 5.73. The number of rotatable bonds is 2. The monoisotopic (exact) mass is 281 g/mol. The van der Waals surface area contributed by atoms with E-state index in [4.69, 9.17) is 11.6 Å². The summed E-state index contributed by atoms with van der Waals surface area (Å²) >= 11 is 6.04. The number of hydrogen-bond donors (Lipinski definition) is 2. The van der Waals surface area contributed by atoms with E-state index in [-0.39, 0.29) is 12.1 Å². The molecule has 2 N–H and O–H groups in total. The van der Waals surface area contributed by atoms with Gasteiger partial charge in [0.2, 0.25) is 0 Å². The molecule has 2 fully saturated rings. The molecule has 4 nitrogen and oxygen atoms in total. The predicted molar refractivity (Wildman–Crippen MR) is 77.9 cm³/mol. The molecule has 5 heteroatoms. The number of aliphatic hydroxyl groups is 1. The summed E-state index contributed by atoms with van der Waals surface area (Å²) in [6.45, 7) is 5.59. The SMILES string of the molecule is OC1CNCC1N1CCN(c2cccc(Cl)c2)CC1. The van der Waals surface area contributed by atoms with Gasteiger partial charge in [-0.15, -0.1) is 0 Å². The van der Waals surface area contributed by atoms with E-state index in [0.717, 1.165) is 44.3 Å². The molecular weight excluding hydrogens is 262 g/mol. The predicted octanol–water partition coefficient (Wildman–Crippen LogP) is 0.795. The Balaban J connectivity index is 1.60. The number of nitrogens with one attached hydrogen (secondary N) is 1. The lowest BCUT2D eigenvalue weighted by Crippen LogP contribution is -2.53. The highest BCUT2D eigenvalue weighted by Gasteiger charge is 2.32. The summed E-state index contributed by atoms with van der Waals surface area (Å²) < 4.78 is 0. The molecule has 0 aromatic heterocycles. The van der Waals surface area contributed by atoms with E-state index in [1.807, 2.05) is 18.2 Å². The van der Waals surface area contributed by atoms with E-state index in [1.165, 1.54) is 5.69 Å². The van der Waals surface area contributed by atoms with Gasteiger partial charge in [-0.05, 0) is 18.2 Å². The molecule has 2 aliphatic heterocycles. The molecule has 0 bridgehead atoms. The molecule has 2 unspecified atom stereocenters. The third kappa shape index (κ3) is 2.87. The van der Waals surface area contributed by atoms with Gasteiger partial charge in [0.1, 0.15) is 0 Å². The Labute approximate surface area is 119 Å². The van der Waals surface area contributed by atoms with Gasteiger partial charge in [-0.3, -0.25) is 4.90 Å². The van der Waals surface area contributed by atoms with E-state index in [1.54, 1.807) is 0 Å². The Morgan fingerprint density at radius 3 is 2.58 bits per heavy atom. The maximum absolute atomic E-state index is 9.93. The fourth-order valence-electron chi connectivity index (χ4n) is 3.01. The number of hydrogen-bond acceptors (Lipinski definition) is 4. The van der Waals surface area contributed by atoms with Crippen molar-refractivity contribution < 1.29 is 5.11 Å². The van der Waals surface area contributed by atoms with Crippen LogP contribution in [0, 0.1) is 0 Å². The molecule has 19 heavy (non-hydrogen) atoms. The summed E-state index contributed by atoms with van der Waals surface area (Å²) in [6.07, 6.45) is -0.224. The number of anilines is 1. The van der Waals surface area contributed by atoms with Crippen molar-refractivity contribution in [3.8, 4) is 0 Å². The summed E-state index contributed by atoms with van der Waals surface area (Å²) in [7, 11) is 0. The standard InChI is InChI=1S/C14H20ClN3O/c15-11-2-1-3-12(8-11)17-4-6-18(7-5-17)13-9-16-10-14(13)19/h1-3,8,13-14,16,19H,4-7,9-10H2. The zero-order valence-electron chi connectivity index (χ0n) is 10.9. The third-order valence-electron chi connectivity index (χ3n) is 4.11. The minimum absolute atomic E-state index is 0.224. The lowest BCUT2D eigenvalue weighted by atomic mass is 10.1. The van der Waals surface area contributed by atoms with Crippen molar-refractivity contribution in [3.63, 3.8) is 0 Å². The molecule has 0 saturated carbocycles. The number of benzene rings is 1. The first kappa shape index (κ1) is 13.2. The second-order valence-electron chi connectivity index (χ2n) is 5.30. The van der Waals surface area contributed by atoms with E-state index in [9.17, 15) is 5.11 Å². The molecule has 0 aliphatic carbocycles. The van der Waals surface area contributed by atoms with Crippen molar-refractivity contribution in [2.75, 3.05) is 44.2 Å². The third-order valence-corrected chi connectivity index (χ3v) is 4.34. The van der Waals surface area contributed by atoms with Gasteiger partial charge >= 0.3 is 0 Å². The quantitative estimate of drug-likeness (QED) is 0.841. The van der Waals surface area contributed by atoms with Crippen LogP contribution in [-0.2, 0) is 0 Å². The first-order valence-corrected chi connectivity index (χ1v) is 7.25. The first-order valence-electron chi connectivity index (χ1n) is 6.87. The maximum atomic E-state index is 9.93. The van der Waals surface area contributed by atoms with Crippen LogP contribution in [-0.4, -0.2) is 61.4 Å². The molecule has 0 radical (unpaired) electrons. The van der Waals surface area contributed by atoms with Gasteiger partial charge in [-0.1, -0.05) is 17.7 Å². The van der Waals surface area contributed by atoms with Crippen molar-refractivity contribution in [1.29, 1.82) is 0 Å². The van der Waals surface area contributed by atoms with Gasteiger partial charge in [0.05, 0.1) is 6.10 Å². The van der Waals surface area contributed by atoms with Crippen LogP contribution in [0.15, 0.2) is 24.3 Å². The highest BCUT2D eigenvalue weighted by Crippen LogP contribution is 2.22. The van der Waals surface area contributed by atoms with Gasteiger partial charge < -0.3 is 15.3 Å². The summed E-state index contributed by atoms with van der Waals surface area (Å²) in [6, 6.07) is 8.30. The molecular formula is C14H20ClN3O. The Morgan fingerprint density at radius 1 is 1.16 bits per heavy atom. The normalized spacial score (nSPS) is 28.8. The number of halogens is 1. The number of β-amino-alcohol motifs (C(OH)–C–C–N with tert-alkyl or cyclic N) is 1. The Hall–Kier alpha value is -0.810. The fourth-order valence-corrected chi connectivity index (χ4v) is 3.19. The van der Waals surface area contributed by atoms with Crippen LogP contribution >= 0.6 is 11.6 Å². The zero-order valence-corrected chi connectivity index (χ0v) is 11.7. The summed E-state index contributed by atoms with van der Waals surface area (Å²) in [5.41, 5.74) is 1.19.